The highest BCUT2D eigenvalue weighted by Crippen LogP contribution is 2.48. The van der Waals surface area contributed by atoms with E-state index < -0.39 is 23.3 Å². The van der Waals surface area contributed by atoms with Crippen molar-refractivity contribution in [2.24, 2.45) is 5.92 Å². The molecule has 0 unspecified atom stereocenters. The summed E-state index contributed by atoms with van der Waals surface area (Å²) in [6, 6.07) is 52.8. The van der Waals surface area contributed by atoms with Crippen molar-refractivity contribution < 1.29 is 27.2 Å². The first-order valence-electron chi connectivity index (χ1n) is 32.0. The van der Waals surface area contributed by atoms with Crippen LogP contribution in [0.1, 0.15) is 116 Å². The summed E-state index contributed by atoms with van der Waals surface area (Å²) in [5.74, 6) is 0.977. The highest BCUT2D eigenvalue weighted by Gasteiger charge is 2.60. The normalized spacial score (nSPS) is 17.7. The van der Waals surface area contributed by atoms with E-state index in [4.69, 9.17) is 37.4 Å². The fourth-order valence-electron chi connectivity index (χ4n) is 12.4. The third kappa shape index (κ3) is 17.4. The monoisotopic (exact) mass is 1220 g/mol. The molecular weight excluding hydrogens is 1120 g/mol. The Balaban J connectivity index is 0.919. The zero-order valence-electron chi connectivity index (χ0n) is 53.5. The molecule has 0 spiro atoms. The van der Waals surface area contributed by atoms with Gasteiger partial charge < -0.3 is 32.7 Å². The minimum absolute atomic E-state index is 0.0892. The summed E-state index contributed by atoms with van der Waals surface area (Å²) in [4.78, 5) is 38.6. The fraction of sp³-hybridized carbons (Fsp3) is 0.486. The summed E-state index contributed by atoms with van der Waals surface area (Å²) in [6.45, 7) is 32.2. The summed E-state index contributed by atoms with van der Waals surface area (Å²) in [7, 11) is -5.61. The van der Waals surface area contributed by atoms with Crippen LogP contribution in [0.5, 0.6) is 5.88 Å². The van der Waals surface area contributed by atoms with Gasteiger partial charge in [0.05, 0.1) is 19.0 Å². The summed E-state index contributed by atoms with van der Waals surface area (Å²) in [5, 5.41) is 3.63. The molecule has 3 atom stereocenters. The van der Waals surface area contributed by atoms with Crippen LogP contribution >= 0.6 is 0 Å². The maximum absolute atomic E-state index is 13.7. The molecule has 2 fully saturated rings. The Hall–Kier alpha value is -6.13. The van der Waals surface area contributed by atoms with Crippen molar-refractivity contribution >= 4 is 40.1 Å². The summed E-state index contributed by atoms with van der Waals surface area (Å²) < 4.78 is 37.7. The number of carbonyl (C=O) groups excluding carboxylic acids is 1. The lowest BCUT2D eigenvalue weighted by Crippen LogP contribution is -2.65. The fourth-order valence-corrected chi connectivity index (χ4v) is 23.6. The van der Waals surface area contributed by atoms with Crippen LogP contribution in [0.25, 0.3) is 11.2 Å². The number of anilines is 1. The Morgan fingerprint density at radius 1 is 0.575 bits per heavy atom. The van der Waals surface area contributed by atoms with Gasteiger partial charge in [-0.25, -0.2) is 4.98 Å². The SMILES string of the molecule is CC(C)C(=O)N(CCN(CCN(CCN(CCCNc1nc(OCc2ccccc2)c2ncn([C@H]3C[C@@H]4O[Si](C(C)C)(C(C)C)O[Si](C(C)C)(C(C)C)OC[C@H]4O3)c2n1)Cc1ccccc1)Cc1ccccc1)Cc1ccccc1)Cc1ccccc1. The molecule has 87 heavy (non-hydrogen) atoms. The molecule has 0 radical (unpaired) electrons. The molecule has 0 aliphatic carbocycles. The Labute approximate surface area is 521 Å². The number of hydrogen-bond donors (Lipinski definition) is 1. The lowest BCUT2D eigenvalue weighted by molar-refractivity contribution is -0.135. The number of benzene rings is 5. The van der Waals surface area contributed by atoms with E-state index in [-0.39, 0.29) is 46.2 Å². The molecule has 7 aromatic rings. The van der Waals surface area contributed by atoms with Crippen LogP contribution < -0.4 is 10.1 Å². The molecule has 4 heterocycles. The molecule has 2 aromatic heterocycles. The number of ether oxygens (including phenoxy) is 2. The average Bonchev–Trinajstić information content (AvgIpc) is 2.01. The second kappa shape index (κ2) is 31.4. The van der Waals surface area contributed by atoms with Crippen LogP contribution in [0, 0.1) is 5.92 Å². The van der Waals surface area contributed by atoms with E-state index in [1.54, 1.807) is 0 Å². The third-order valence-electron chi connectivity index (χ3n) is 17.3. The first kappa shape index (κ1) is 65.3. The zero-order chi connectivity index (χ0) is 61.3. The number of nitrogens with one attached hydrogen (secondary N) is 1. The van der Waals surface area contributed by atoms with E-state index >= 15 is 0 Å². The molecule has 5 aromatic carbocycles. The van der Waals surface area contributed by atoms with Crippen LogP contribution in [0.4, 0.5) is 5.95 Å². The van der Waals surface area contributed by atoms with Crippen molar-refractivity contribution in [2.75, 3.05) is 64.3 Å². The maximum atomic E-state index is 13.7. The van der Waals surface area contributed by atoms with Gasteiger partial charge in [0.2, 0.25) is 17.7 Å². The number of hydrogen-bond acceptors (Lipinski definition) is 13. The molecule has 2 aliphatic rings. The topological polar surface area (TPSA) is 132 Å². The molecule has 17 heteroatoms. The van der Waals surface area contributed by atoms with E-state index in [0.717, 1.165) is 76.5 Å². The Morgan fingerprint density at radius 2 is 1.03 bits per heavy atom. The Bertz CT molecular complexity index is 3150. The largest absolute Gasteiger partial charge is 0.471 e. The third-order valence-corrected chi connectivity index (χ3v) is 27.6. The first-order chi connectivity index (χ1) is 42.1. The summed E-state index contributed by atoms with van der Waals surface area (Å²) >= 11 is 0. The second-order valence-electron chi connectivity index (χ2n) is 25.4. The summed E-state index contributed by atoms with van der Waals surface area (Å²) in [6.07, 6.45) is 2.34. The first-order valence-corrected chi connectivity index (χ1v) is 36.0. The predicted octanol–water partition coefficient (Wildman–Crippen LogP) is 13.6. The van der Waals surface area contributed by atoms with Gasteiger partial charge in [-0.3, -0.25) is 24.1 Å². The number of imidazole rings is 1. The van der Waals surface area contributed by atoms with Gasteiger partial charge in [-0.15, -0.1) is 0 Å². The molecule has 9 rings (SSSR count). The molecule has 1 N–H and O–H groups in total. The number of aromatic nitrogens is 4. The molecular formula is C70H97N9O6Si2. The van der Waals surface area contributed by atoms with Gasteiger partial charge in [0, 0.05) is 90.9 Å². The van der Waals surface area contributed by atoms with E-state index in [0.29, 0.717) is 62.3 Å². The smallest absolute Gasteiger partial charge is 0.335 e. The van der Waals surface area contributed by atoms with Crippen molar-refractivity contribution in [1.29, 1.82) is 0 Å². The zero-order valence-corrected chi connectivity index (χ0v) is 55.5. The van der Waals surface area contributed by atoms with Crippen LogP contribution in [0.3, 0.4) is 0 Å². The van der Waals surface area contributed by atoms with E-state index in [1.807, 2.05) is 53.9 Å². The van der Waals surface area contributed by atoms with Crippen LogP contribution in [-0.4, -0.2) is 133 Å². The molecule has 1 amide bonds. The molecule has 0 saturated carbocycles. The minimum atomic E-state index is -2.86. The van der Waals surface area contributed by atoms with Gasteiger partial charge in [-0.2, -0.15) is 9.97 Å². The van der Waals surface area contributed by atoms with Crippen molar-refractivity contribution in [3.05, 3.63) is 186 Å². The molecule has 466 valence electrons. The Kier molecular flexibility index (Phi) is 23.5. The number of fused-ring (bicyclic) bond motifs is 2. The van der Waals surface area contributed by atoms with Crippen molar-refractivity contribution in [3.8, 4) is 5.88 Å². The number of carbonyl (C=O) groups is 1. The van der Waals surface area contributed by atoms with E-state index in [2.05, 4.69) is 203 Å². The molecule has 0 bridgehead atoms. The van der Waals surface area contributed by atoms with Crippen LogP contribution in [0.2, 0.25) is 22.2 Å². The Morgan fingerprint density at radius 3 is 1.52 bits per heavy atom. The van der Waals surface area contributed by atoms with Gasteiger partial charge in [-0.1, -0.05) is 221 Å². The molecule has 2 aliphatic heterocycles. The number of nitrogens with zero attached hydrogens (tertiary/aromatic N) is 8. The molecule has 15 nitrogen and oxygen atoms in total. The lowest BCUT2D eigenvalue weighted by Gasteiger charge is -2.51. The highest BCUT2D eigenvalue weighted by molar-refractivity contribution is 6.84. The average molecular weight is 1220 g/mol. The van der Waals surface area contributed by atoms with E-state index in [1.165, 1.54) is 16.7 Å². The summed E-state index contributed by atoms with van der Waals surface area (Å²) in [5.41, 5.74) is 8.10. The second-order valence-corrected chi connectivity index (χ2v) is 34.3. The lowest BCUT2D eigenvalue weighted by atomic mass is 10.1. The van der Waals surface area contributed by atoms with E-state index in [9.17, 15) is 4.79 Å². The van der Waals surface area contributed by atoms with Gasteiger partial charge in [0.15, 0.2) is 11.2 Å². The van der Waals surface area contributed by atoms with Crippen LogP contribution in [-0.2, 0) is 55.3 Å². The van der Waals surface area contributed by atoms with Crippen molar-refractivity contribution in [2.45, 2.75) is 155 Å². The number of rotatable bonds is 31. The predicted molar refractivity (Wildman–Crippen MR) is 353 cm³/mol. The highest BCUT2D eigenvalue weighted by atomic mass is 28.5. The van der Waals surface area contributed by atoms with Crippen LogP contribution in [0.15, 0.2) is 158 Å². The molecule has 2 saturated heterocycles. The van der Waals surface area contributed by atoms with Gasteiger partial charge in [0.25, 0.3) is 0 Å². The maximum Gasteiger partial charge on any atom is 0.335 e. The van der Waals surface area contributed by atoms with Gasteiger partial charge >= 0.3 is 17.1 Å². The number of amides is 1. The quantitative estimate of drug-likeness (QED) is 0.0327. The van der Waals surface area contributed by atoms with Crippen molar-refractivity contribution in [3.63, 3.8) is 0 Å². The van der Waals surface area contributed by atoms with Crippen molar-refractivity contribution in [1.82, 2.24) is 39.1 Å². The van der Waals surface area contributed by atoms with Gasteiger partial charge in [-0.05, 0) is 56.4 Å². The van der Waals surface area contributed by atoms with Gasteiger partial charge in [0.1, 0.15) is 18.9 Å². The minimum Gasteiger partial charge on any atom is -0.471 e. The standard InChI is InChI=1S/C70H97N9O6Si2/c1-53(2)69(80)78(49-61-33-22-14-23-34-61)44-43-77(48-60-31-20-13-21-32-60)42-41-76(47-59-29-18-12-19-30-59)40-39-75(46-58-27-16-11-17-28-58)38-26-37-71-70-73-67-66(68(74-70)81-50-62-35-24-15-25-36-62)72-52-79(67)65-45-63-64(83-65)51-82-86(54(3)4,55(5)6)85-87(84-63,56(7)8)57(9)10/h11-25,27-36,52-57,63-65H,26,37-51H2,1-10H3,(H,71,73,74)/t63-,64+,65+/m0/s1.